The predicted octanol–water partition coefficient (Wildman–Crippen LogP) is 0.943. The number of pyridine rings is 1. The van der Waals surface area contributed by atoms with E-state index in [-0.39, 0.29) is 27.9 Å². The quantitative estimate of drug-likeness (QED) is 0.473. The number of hydrogen-bond acceptors (Lipinski definition) is 7. The number of hydrazone groups is 1. The van der Waals surface area contributed by atoms with Gasteiger partial charge in [0.2, 0.25) is 5.88 Å². The molecule has 2 N–H and O–H groups in total. The van der Waals surface area contributed by atoms with Crippen molar-refractivity contribution in [1.82, 2.24) is 9.99 Å². The van der Waals surface area contributed by atoms with Gasteiger partial charge in [-0.1, -0.05) is 12.1 Å². The van der Waals surface area contributed by atoms with E-state index in [1.165, 1.54) is 38.2 Å². The second kappa shape index (κ2) is 7.27. The van der Waals surface area contributed by atoms with Crippen molar-refractivity contribution >= 4 is 17.8 Å². The van der Waals surface area contributed by atoms with Crippen LogP contribution in [0.4, 0.5) is 5.69 Å². The van der Waals surface area contributed by atoms with Crippen LogP contribution in [0.15, 0.2) is 34.2 Å². The Morgan fingerprint density at radius 2 is 2.12 bits per heavy atom. The highest BCUT2D eigenvalue weighted by atomic mass is 16.6. The highest BCUT2D eigenvalue weighted by molar-refractivity contribution is 5.98. The van der Waals surface area contributed by atoms with Crippen LogP contribution in [0.5, 0.6) is 5.88 Å². The Kier molecular flexibility index (Phi) is 5.13. The van der Waals surface area contributed by atoms with Crippen LogP contribution in [0, 0.1) is 28.4 Å². The summed E-state index contributed by atoms with van der Waals surface area (Å²) in [5.41, 5.74) is 0.966. The normalized spacial score (nSPS) is 10.5. The van der Waals surface area contributed by atoms with Crippen molar-refractivity contribution < 1.29 is 14.8 Å². The van der Waals surface area contributed by atoms with Gasteiger partial charge in [0, 0.05) is 13.1 Å². The maximum absolute atomic E-state index is 12.1. The fourth-order valence-corrected chi connectivity index (χ4v) is 2.23. The van der Waals surface area contributed by atoms with E-state index in [0.29, 0.717) is 0 Å². The molecule has 1 aromatic heterocycles. The van der Waals surface area contributed by atoms with Gasteiger partial charge in [0.25, 0.3) is 17.2 Å². The van der Waals surface area contributed by atoms with E-state index < -0.39 is 22.3 Å². The fraction of sp³-hybridized carbons (Fsp3) is 0.125. The van der Waals surface area contributed by atoms with E-state index in [9.17, 15) is 24.8 Å². The number of benzene rings is 1. The summed E-state index contributed by atoms with van der Waals surface area (Å²) in [4.78, 5) is 34.2. The van der Waals surface area contributed by atoms with E-state index in [1.807, 2.05) is 0 Å². The van der Waals surface area contributed by atoms with Gasteiger partial charge < -0.3 is 5.11 Å². The number of para-hydroxylation sites is 1. The summed E-state index contributed by atoms with van der Waals surface area (Å²) in [6.07, 6.45) is 1.05. The van der Waals surface area contributed by atoms with Crippen LogP contribution in [0.3, 0.4) is 0 Å². The first-order valence-electron chi connectivity index (χ1n) is 7.19. The lowest BCUT2D eigenvalue weighted by Gasteiger charge is -2.09. The van der Waals surface area contributed by atoms with E-state index in [4.69, 9.17) is 5.26 Å². The number of nitrogens with one attached hydrogen (secondary N) is 1. The van der Waals surface area contributed by atoms with Crippen LogP contribution in [0.25, 0.3) is 0 Å². The Balaban J connectivity index is 2.35. The third kappa shape index (κ3) is 3.27. The molecule has 0 aliphatic heterocycles. The van der Waals surface area contributed by atoms with Gasteiger partial charge in [-0.2, -0.15) is 10.4 Å². The lowest BCUT2D eigenvalue weighted by molar-refractivity contribution is -0.385. The van der Waals surface area contributed by atoms with Crippen LogP contribution >= 0.6 is 0 Å². The molecular weight excluding hydrogens is 342 g/mol. The topological polar surface area (TPSA) is 151 Å². The van der Waals surface area contributed by atoms with Gasteiger partial charge in [-0.3, -0.25) is 24.3 Å². The molecule has 0 aliphatic carbocycles. The van der Waals surface area contributed by atoms with Crippen LogP contribution < -0.4 is 11.0 Å². The number of carbonyl (C=O) groups excluding carboxylic acids is 1. The summed E-state index contributed by atoms with van der Waals surface area (Å²) in [6, 6.07) is 7.09. The van der Waals surface area contributed by atoms with Crippen molar-refractivity contribution in [1.29, 1.82) is 5.26 Å². The van der Waals surface area contributed by atoms with Crippen LogP contribution in [0.1, 0.15) is 27.0 Å². The Hall–Kier alpha value is -4.00. The SMILES string of the molecule is Cc1c(/C=N/NC(=O)c2ccccc2[N+](=O)[O-])c(O)n(C)c(=O)c1C#N. The van der Waals surface area contributed by atoms with E-state index in [2.05, 4.69) is 10.5 Å². The van der Waals surface area contributed by atoms with Crippen molar-refractivity contribution in [3.63, 3.8) is 0 Å². The van der Waals surface area contributed by atoms with Crippen LogP contribution in [-0.4, -0.2) is 26.7 Å². The second-order valence-corrected chi connectivity index (χ2v) is 5.19. The van der Waals surface area contributed by atoms with Gasteiger partial charge in [0.05, 0.1) is 16.7 Å². The summed E-state index contributed by atoms with van der Waals surface area (Å²) in [7, 11) is 1.28. The average molecular weight is 355 g/mol. The summed E-state index contributed by atoms with van der Waals surface area (Å²) in [5, 5.41) is 33.7. The molecule has 0 bridgehead atoms. The highest BCUT2D eigenvalue weighted by Crippen LogP contribution is 2.19. The van der Waals surface area contributed by atoms with Gasteiger partial charge in [0.15, 0.2) is 0 Å². The number of carbonyl (C=O) groups is 1. The van der Waals surface area contributed by atoms with E-state index in [1.54, 1.807) is 6.07 Å². The third-order valence-corrected chi connectivity index (χ3v) is 3.67. The standard InChI is InChI=1S/C16H13N5O5/c1-9-11(7-17)15(23)20(2)16(24)12(9)8-18-19-14(22)10-5-3-4-6-13(10)21(25)26/h3-6,8,24H,1-2H3,(H,19,22)/b18-8+. The molecule has 2 aromatic rings. The van der Waals surface area contributed by atoms with Gasteiger partial charge in [-0.05, 0) is 18.6 Å². The number of rotatable bonds is 4. The minimum Gasteiger partial charge on any atom is -0.494 e. The molecule has 2 rings (SSSR count). The Morgan fingerprint density at radius 1 is 1.46 bits per heavy atom. The van der Waals surface area contributed by atoms with Crippen molar-refractivity contribution in [2.75, 3.05) is 0 Å². The first-order valence-corrected chi connectivity index (χ1v) is 7.19. The highest BCUT2D eigenvalue weighted by Gasteiger charge is 2.19. The van der Waals surface area contributed by atoms with Gasteiger partial charge >= 0.3 is 0 Å². The molecule has 26 heavy (non-hydrogen) atoms. The number of nitro groups is 1. The van der Waals surface area contributed by atoms with Crippen molar-refractivity contribution in [2.45, 2.75) is 6.92 Å². The number of aromatic hydroxyl groups is 1. The molecule has 0 radical (unpaired) electrons. The zero-order valence-corrected chi connectivity index (χ0v) is 13.8. The Labute approximate surface area is 146 Å². The van der Waals surface area contributed by atoms with Crippen molar-refractivity contribution in [2.24, 2.45) is 12.1 Å². The third-order valence-electron chi connectivity index (χ3n) is 3.67. The first kappa shape index (κ1) is 18.3. The zero-order chi connectivity index (χ0) is 19.4. The van der Waals surface area contributed by atoms with Crippen LogP contribution in [0.2, 0.25) is 0 Å². The van der Waals surface area contributed by atoms with E-state index in [0.717, 1.165) is 10.8 Å². The summed E-state index contributed by atoms with van der Waals surface area (Å²) in [6.45, 7) is 1.45. The summed E-state index contributed by atoms with van der Waals surface area (Å²) < 4.78 is 0.872. The number of nitriles is 1. The molecule has 0 spiro atoms. The minimum atomic E-state index is -0.823. The molecule has 0 atom stereocenters. The van der Waals surface area contributed by atoms with Crippen LogP contribution in [-0.2, 0) is 7.05 Å². The van der Waals surface area contributed by atoms with Crippen molar-refractivity contribution in [3.8, 4) is 11.9 Å². The number of hydrogen-bond donors (Lipinski definition) is 2. The molecule has 1 heterocycles. The summed E-state index contributed by atoms with van der Waals surface area (Å²) in [5.74, 6) is -1.26. The van der Waals surface area contributed by atoms with E-state index >= 15 is 0 Å². The predicted molar refractivity (Wildman–Crippen MR) is 91.0 cm³/mol. The molecule has 0 unspecified atom stereocenters. The first-order chi connectivity index (χ1) is 12.3. The van der Waals surface area contributed by atoms with Gasteiger partial charge in [-0.25, -0.2) is 5.43 Å². The molecule has 132 valence electrons. The molecule has 1 amide bonds. The molecule has 0 saturated heterocycles. The fourth-order valence-electron chi connectivity index (χ4n) is 2.23. The lowest BCUT2D eigenvalue weighted by atomic mass is 10.1. The monoisotopic (exact) mass is 355 g/mol. The summed E-state index contributed by atoms with van der Waals surface area (Å²) >= 11 is 0. The average Bonchev–Trinajstić information content (AvgIpc) is 2.63. The van der Waals surface area contributed by atoms with Gasteiger partial charge in [0.1, 0.15) is 17.2 Å². The molecule has 0 saturated carbocycles. The second-order valence-electron chi connectivity index (χ2n) is 5.19. The maximum Gasteiger partial charge on any atom is 0.282 e. The Bertz CT molecular complexity index is 1030. The molecule has 1 aromatic carbocycles. The largest absolute Gasteiger partial charge is 0.494 e. The molecular formula is C16H13N5O5. The smallest absolute Gasteiger partial charge is 0.282 e. The molecule has 0 aliphatic rings. The number of aromatic nitrogens is 1. The number of nitrogens with zero attached hydrogens (tertiary/aromatic N) is 4. The molecule has 10 nitrogen and oxygen atoms in total. The minimum absolute atomic E-state index is 0.0616. The number of amides is 1. The molecule has 10 heteroatoms. The Morgan fingerprint density at radius 3 is 2.73 bits per heavy atom. The van der Waals surface area contributed by atoms with Crippen molar-refractivity contribution in [3.05, 3.63) is 67.0 Å². The number of nitro benzene ring substituents is 1. The van der Waals surface area contributed by atoms with Gasteiger partial charge in [-0.15, -0.1) is 0 Å². The molecule has 0 fully saturated rings. The maximum atomic E-state index is 12.1. The lowest BCUT2D eigenvalue weighted by Crippen LogP contribution is -2.23. The zero-order valence-electron chi connectivity index (χ0n) is 13.8.